The molecule has 1 aliphatic rings. The van der Waals surface area contributed by atoms with E-state index < -0.39 is 17.7 Å². The van der Waals surface area contributed by atoms with Gasteiger partial charge >= 0.3 is 6.03 Å². The van der Waals surface area contributed by atoms with Gasteiger partial charge in [0.25, 0.3) is 0 Å². The molecular weight excluding hydrogens is 352 g/mol. The maximum atomic E-state index is 14.5. The predicted molar refractivity (Wildman–Crippen MR) is 97.0 cm³/mol. The third-order valence-electron chi connectivity index (χ3n) is 4.75. The number of carbonyl (C=O) groups excluding carboxylic acids is 1. The van der Waals surface area contributed by atoms with Crippen molar-refractivity contribution >= 4 is 6.03 Å². The smallest absolute Gasteiger partial charge is 0.317 e. The van der Waals surface area contributed by atoms with Gasteiger partial charge < -0.3 is 10.2 Å². The fourth-order valence-electron chi connectivity index (χ4n) is 3.32. The second-order valence-electron chi connectivity index (χ2n) is 6.85. The highest BCUT2D eigenvalue weighted by molar-refractivity contribution is 5.73. The van der Waals surface area contributed by atoms with E-state index in [0.717, 1.165) is 18.9 Å². The van der Waals surface area contributed by atoms with Crippen LogP contribution in [0, 0.1) is 11.6 Å². The Morgan fingerprint density at radius 2 is 2.00 bits per heavy atom. The van der Waals surface area contributed by atoms with Crippen LogP contribution in [0.3, 0.4) is 0 Å². The van der Waals surface area contributed by atoms with Crippen LogP contribution in [0.25, 0.3) is 0 Å². The third-order valence-corrected chi connectivity index (χ3v) is 4.75. The summed E-state index contributed by atoms with van der Waals surface area (Å²) >= 11 is 0. The first-order valence-corrected chi connectivity index (χ1v) is 8.88. The van der Waals surface area contributed by atoms with Crippen LogP contribution in [0.4, 0.5) is 13.6 Å². The highest BCUT2D eigenvalue weighted by Crippen LogP contribution is 2.31. The van der Waals surface area contributed by atoms with Crippen LogP contribution < -0.4 is 5.32 Å². The molecule has 1 unspecified atom stereocenters. The summed E-state index contributed by atoms with van der Waals surface area (Å²) < 4.78 is 27.9. The molecule has 0 radical (unpaired) electrons. The summed E-state index contributed by atoms with van der Waals surface area (Å²) in [5.74, 6) is -1.21. The number of benzene rings is 1. The molecule has 8 heteroatoms. The van der Waals surface area contributed by atoms with Gasteiger partial charge in [-0.1, -0.05) is 6.07 Å². The SMILES string of the molecule is CN(C)C(=O)NC1CCN(C(c2cnccn2)c2ccc(F)cc2F)CC1. The predicted octanol–water partition coefficient (Wildman–Crippen LogP) is 2.58. The highest BCUT2D eigenvalue weighted by atomic mass is 19.1. The van der Waals surface area contributed by atoms with E-state index in [2.05, 4.69) is 20.2 Å². The molecule has 144 valence electrons. The number of aromatic nitrogens is 2. The summed E-state index contributed by atoms with van der Waals surface area (Å²) in [6, 6.07) is 3.10. The zero-order valence-corrected chi connectivity index (χ0v) is 15.4. The van der Waals surface area contributed by atoms with Gasteiger partial charge in [-0.2, -0.15) is 0 Å². The van der Waals surface area contributed by atoms with Crippen molar-refractivity contribution in [3.63, 3.8) is 0 Å². The van der Waals surface area contributed by atoms with Gasteiger partial charge in [0.2, 0.25) is 0 Å². The van der Waals surface area contributed by atoms with E-state index in [4.69, 9.17) is 0 Å². The van der Waals surface area contributed by atoms with Gasteiger partial charge in [0.05, 0.1) is 17.9 Å². The molecule has 1 atom stereocenters. The molecule has 1 aliphatic heterocycles. The van der Waals surface area contributed by atoms with E-state index in [9.17, 15) is 13.6 Å². The minimum absolute atomic E-state index is 0.0664. The maximum absolute atomic E-state index is 14.5. The number of likely N-dealkylation sites (tertiary alicyclic amines) is 1. The number of urea groups is 1. The number of hydrogen-bond donors (Lipinski definition) is 1. The average molecular weight is 375 g/mol. The zero-order valence-electron chi connectivity index (χ0n) is 15.4. The molecule has 2 amide bonds. The van der Waals surface area contributed by atoms with Gasteiger partial charge in [0, 0.05) is 57.3 Å². The number of hydrogen-bond acceptors (Lipinski definition) is 4. The van der Waals surface area contributed by atoms with Crippen molar-refractivity contribution in [3.8, 4) is 0 Å². The molecule has 3 rings (SSSR count). The first-order chi connectivity index (χ1) is 13.0. The number of nitrogens with one attached hydrogen (secondary N) is 1. The lowest BCUT2D eigenvalue weighted by Crippen LogP contribution is -2.48. The molecule has 6 nitrogen and oxygen atoms in total. The monoisotopic (exact) mass is 375 g/mol. The summed E-state index contributed by atoms with van der Waals surface area (Å²) in [7, 11) is 3.40. The summed E-state index contributed by atoms with van der Waals surface area (Å²) in [6.45, 7) is 1.30. The van der Waals surface area contributed by atoms with Crippen molar-refractivity contribution in [2.75, 3.05) is 27.2 Å². The molecular formula is C19H23F2N5O. The van der Waals surface area contributed by atoms with Crippen molar-refractivity contribution in [2.24, 2.45) is 0 Å². The number of nitrogens with zero attached hydrogens (tertiary/aromatic N) is 4. The first kappa shape index (κ1) is 19.2. The fourth-order valence-corrected chi connectivity index (χ4v) is 3.32. The van der Waals surface area contributed by atoms with E-state index in [1.807, 2.05) is 0 Å². The molecule has 0 spiro atoms. The van der Waals surface area contributed by atoms with Gasteiger partial charge in [-0.25, -0.2) is 13.6 Å². The van der Waals surface area contributed by atoms with Crippen molar-refractivity contribution in [2.45, 2.75) is 24.9 Å². The Labute approximate surface area is 157 Å². The van der Waals surface area contributed by atoms with Crippen molar-refractivity contribution < 1.29 is 13.6 Å². The van der Waals surface area contributed by atoms with Crippen molar-refractivity contribution in [3.05, 3.63) is 59.7 Å². The van der Waals surface area contributed by atoms with Crippen LogP contribution in [-0.4, -0.2) is 59.0 Å². The second kappa shape index (κ2) is 8.39. The van der Waals surface area contributed by atoms with E-state index in [1.165, 1.54) is 17.0 Å². The Balaban J connectivity index is 1.80. The summed E-state index contributed by atoms with van der Waals surface area (Å²) in [6.07, 6.45) is 6.20. The molecule has 0 saturated carbocycles. The Morgan fingerprint density at radius 3 is 2.59 bits per heavy atom. The quantitative estimate of drug-likeness (QED) is 0.892. The second-order valence-corrected chi connectivity index (χ2v) is 6.85. The molecule has 1 aromatic heterocycles. The summed E-state index contributed by atoms with van der Waals surface area (Å²) in [4.78, 5) is 23.9. The van der Waals surface area contributed by atoms with Crippen LogP contribution in [0.1, 0.15) is 30.1 Å². The molecule has 1 saturated heterocycles. The first-order valence-electron chi connectivity index (χ1n) is 8.88. The largest absolute Gasteiger partial charge is 0.335 e. The Hall–Kier alpha value is -2.61. The Morgan fingerprint density at radius 1 is 1.26 bits per heavy atom. The lowest BCUT2D eigenvalue weighted by molar-refractivity contribution is 0.154. The lowest BCUT2D eigenvalue weighted by Gasteiger charge is -2.38. The molecule has 2 heterocycles. The van der Waals surface area contributed by atoms with Crippen LogP contribution >= 0.6 is 0 Å². The number of amides is 2. The van der Waals surface area contributed by atoms with Crippen LogP contribution in [-0.2, 0) is 0 Å². The normalized spacial score (nSPS) is 16.7. The molecule has 0 aliphatic carbocycles. The third kappa shape index (κ3) is 4.57. The Kier molecular flexibility index (Phi) is 5.95. The van der Waals surface area contributed by atoms with Gasteiger partial charge in [-0.05, 0) is 18.9 Å². The van der Waals surface area contributed by atoms with Crippen LogP contribution in [0.15, 0.2) is 36.8 Å². The molecule has 1 aromatic carbocycles. The molecule has 27 heavy (non-hydrogen) atoms. The van der Waals surface area contributed by atoms with Gasteiger partial charge in [0.1, 0.15) is 11.6 Å². The fraction of sp³-hybridized carbons (Fsp3) is 0.421. The van der Waals surface area contributed by atoms with Crippen molar-refractivity contribution in [1.29, 1.82) is 0 Å². The summed E-state index contributed by atoms with van der Waals surface area (Å²) in [5.41, 5.74) is 0.978. The number of halogens is 2. The van der Waals surface area contributed by atoms with Crippen molar-refractivity contribution in [1.82, 2.24) is 25.1 Å². The minimum Gasteiger partial charge on any atom is -0.335 e. The average Bonchev–Trinajstić information content (AvgIpc) is 2.66. The standard InChI is InChI=1S/C19H23F2N5O/c1-25(2)19(27)24-14-5-9-26(10-6-14)18(17-12-22-7-8-23-17)15-4-3-13(20)11-16(15)21/h3-4,7-8,11-12,14,18H,5-6,9-10H2,1-2H3,(H,24,27). The summed E-state index contributed by atoms with van der Waals surface area (Å²) in [5, 5.41) is 2.98. The molecule has 1 fully saturated rings. The minimum atomic E-state index is -0.612. The zero-order chi connectivity index (χ0) is 19.4. The van der Waals surface area contributed by atoms with E-state index in [-0.39, 0.29) is 12.1 Å². The van der Waals surface area contributed by atoms with Gasteiger partial charge in [-0.15, -0.1) is 0 Å². The number of rotatable bonds is 4. The van der Waals surface area contributed by atoms with E-state index in [0.29, 0.717) is 24.3 Å². The molecule has 2 aromatic rings. The topological polar surface area (TPSA) is 61.4 Å². The molecule has 0 bridgehead atoms. The van der Waals surface area contributed by atoms with Gasteiger partial charge in [-0.3, -0.25) is 14.9 Å². The number of carbonyl (C=O) groups is 1. The molecule has 1 N–H and O–H groups in total. The number of piperidine rings is 1. The van der Waals surface area contributed by atoms with Crippen LogP contribution in [0.5, 0.6) is 0 Å². The Bertz CT molecular complexity index is 779. The van der Waals surface area contributed by atoms with Crippen LogP contribution in [0.2, 0.25) is 0 Å². The van der Waals surface area contributed by atoms with E-state index >= 15 is 0 Å². The maximum Gasteiger partial charge on any atom is 0.317 e. The lowest BCUT2D eigenvalue weighted by atomic mass is 9.96. The highest BCUT2D eigenvalue weighted by Gasteiger charge is 2.30. The van der Waals surface area contributed by atoms with Gasteiger partial charge in [0.15, 0.2) is 0 Å². The van der Waals surface area contributed by atoms with E-state index in [1.54, 1.807) is 32.7 Å².